The molecule has 0 aliphatic heterocycles. The zero-order valence-corrected chi connectivity index (χ0v) is 13.5. The highest BCUT2D eigenvalue weighted by Gasteiger charge is 2.12. The molecule has 0 radical (unpaired) electrons. The Labute approximate surface area is 136 Å². The van der Waals surface area contributed by atoms with E-state index in [2.05, 4.69) is 15.3 Å². The second kappa shape index (κ2) is 8.85. The molecule has 0 aromatic carbocycles. The van der Waals surface area contributed by atoms with Gasteiger partial charge in [-0.15, -0.1) is 0 Å². The average Bonchev–Trinajstić information content (AvgIpc) is 2.60. The average molecular weight is 314 g/mol. The molecule has 2 rings (SSSR count). The predicted octanol–water partition coefficient (Wildman–Crippen LogP) is 1.85. The third-order valence-electron chi connectivity index (χ3n) is 3.45. The van der Waals surface area contributed by atoms with Crippen LogP contribution in [0, 0.1) is 0 Å². The number of aromatic nitrogens is 2. The van der Waals surface area contributed by atoms with Crippen LogP contribution in [0.25, 0.3) is 0 Å². The highest BCUT2D eigenvalue weighted by atomic mass is 16.5. The van der Waals surface area contributed by atoms with E-state index in [1.54, 1.807) is 43.8 Å². The van der Waals surface area contributed by atoms with Crippen molar-refractivity contribution >= 4 is 11.6 Å². The first-order valence-corrected chi connectivity index (χ1v) is 7.53. The van der Waals surface area contributed by atoms with E-state index in [0.29, 0.717) is 25.3 Å². The Kier molecular flexibility index (Phi) is 6.50. The fourth-order valence-electron chi connectivity index (χ4n) is 2.12. The van der Waals surface area contributed by atoms with Crippen LogP contribution in [0.2, 0.25) is 0 Å². The standard InChI is InChI=1S/C17H22N4O2/c1-21(9-5-14-3-6-18-7-4-14)17(22)15-11-16(13-19-12-15)20-8-10-23-2/h3-4,6-7,11-13,20H,5,8-10H2,1-2H3. The monoisotopic (exact) mass is 314 g/mol. The number of nitrogens with one attached hydrogen (secondary N) is 1. The van der Waals surface area contributed by atoms with Gasteiger partial charge in [-0.3, -0.25) is 14.8 Å². The molecular formula is C17H22N4O2. The van der Waals surface area contributed by atoms with Crippen LogP contribution in [0.4, 0.5) is 5.69 Å². The van der Waals surface area contributed by atoms with Gasteiger partial charge in [0.25, 0.3) is 5.91 Å². The van der Waals surface area contributed by atoms with E-state index in [1.807, 2.05) is 18.2 Å². The van der Waals surface area contributed by atoms with Gasteiger partial charge in [0, 0.05) is 52.0 Å². The molecule has 0 saturated carbocycles. The van der Waals surface area contributed by atoms with Crippen LogP contribution < -0.4 is 5.32 Å². The molecule has 1 N–H and O–H groups in total. The van der Waals surface area contributed by atoms with E-state index in [9.17, 15) is 4.79 Å². The number of rotatable bonds is 8. The molecule has 0 atom stereocenters. The fraction of sp³-hybridized carbons (Fsp3) is 0.353. The number of methoxy groups -OCH3 is 1. The third kappa shape index (κ3) is 5.34. The summed E-state index contributed by atoms with van der Waals surface area (Å²) >= 11 is 0. The summed E-state index contributed by atoms with van der Waals surface area (Å²) in [7, 11) is 3.45. The second-order valence-electron chi connectivity index (χ2n) is 5.21. The minimum absolute atomic E-state index is 0.0399. The van der Waals surface area contributed by atoms with Gasteiger partial charge < -0.3 is 15.0 Å². The summed E-state index contributed by atoms with van der Waals surface area (Å²) in [6.45, 7) is 1.92. The minimum Gasteiger partial charge on any atom is -0.383 e. The van der Waals surface area contributed by atoms with E-state index in [-0.39, 0.29) is 5.91 Å². The van der Waals surface area contributed by atoms with Gasteiger partial charge in [0.2, 0.25) is 0 Å². The number of hydrogen-bond donors (Lipinski definition) is 1. The maximum absolute atomic E-state index is 12.5. The topological polar surface area (TPSA) is 67.3 Å². The summed E-state index contributed by atoms with van der Waals surface area (Å²) in [6, 6.07) is 5.73. The molecular weight excluding hydrogens is 292 g/mol. The third-order valence-corrected chi connectivity index (χ3v) is 3.45. The van der Waals surface area contributed by atoms with Gasteiger partial charge in [-0.1, -0.05) is 0 Å². The van der Waals surface area contributed by atoms with Crippen LogP contribution in [0.3, 0.4) is 0 Å². The van der Waals surface area contributed by atoms with Crippen molar-refractivity contribution < 1.29 is 9.53 Å². The Hall–Kier alpha value is -2.47. The van der Waals surface area contributed by atoms with Crippen molar-refractivity contribution in [2.24, 2.45) is 0 Å². The Morgan fingerprint density at radius 3 is 2.78 bits per heavy atom. The molecule has 6 heteroatoms. The molecule has 2 aromatic heterocycles. The summed E-state index contributed by atoms with van der Waals surface area (Å²) in [4.78, 5) is 22.3. The molecule has 122 valence electrons. The minimum atomic E-state index is -0.0399. The van der Waals surface area contributed by atoms with Gasteiger partial charge in [-0.25, -0.2) is 0 Å². The molecule has 1 amide bonds. The van der Waals surface area contributed by atoms with Crippen molar-refractivity contribution in [1.29, 1.82) is 0 Å². The lowest BCUT2D eigenvalue weighted by Gasteiger charge is -2.17. The Balaban J connectivity index is 1.92. The number of carbonyl (C=O) groups is 1. The molecule has 6 nitrogen and oxygen atoms in total. The van der Waals surface area contributed by atoms with Crippen LogP contribution in [0.5, 0.6) is 0 Å². The van der Waals surface area contributed by atoms with Gasteiger partial charge in [0.05, 0.1) is 17.9 Å². The summed E-state index contributed by atoms with van der Waals surface area (Å²) in [6.07, 6.45) is 7.60. The molecule has 0 saturated heterocycles. The fourth-order valence-corrected chi connectivity index (χ4v) is 2.12. The number of amides is 1. The Morgan fingerprint density at radius 1 is 1.26 bits per heavy atom. The Morgan fingerprint density at radius 2 is 2.04 bits per heavy atom. The number of pyridine rings is 2. The number of carbonyl (C=O) groups excluding carboxylic acids is 1. The maximum atomic E-state index is 12.5. The van der Waals surface area contributed by atoms with E-state index >= 15 is 0 Å². The van der Waals surface area contributed by atoms with Crippen LogP contribution in [0.1, 0.15) is 15.9 Å². The van der Waals surface area contributed by atoms with Crippen molar-refractivity contribution in [3.05, 3.63) is 54.1 Å². The normalized spacial score (nSPS) is 10.3. The van der Waals surface area contributed by atoms with Gasteiger partial charge in [0.15, 0.2) is 0 Å². The number of hydrogen-bond acceptors (Lipinski definition) is 5. The number of nitrogens with zero attached hydrogens (tertiary/aromatic N) is 3. The Bertz CT molecular complexity index is 619. The van der Waals surface area contributed by atoms with Crippen LogP contribution >= 0.6 is 0 Å². The molecule has 0 aliphatic rings. The summed E-state index contributed by atoms with van der Waals surface area (Å²) in [5.74, 6) is -0.0399. The van der Waals surface area contributed by atoms with Gasteiger partial charge in [-0.2, -0.15) is 0 Å². The number of ether oxygens (including phenoxy) is 1. The first-order valence-electron chi connectivity index (χ1n) is 7.53. The zero-order chi connectivity index (χ0) is 16.5. The van der Waals surface area contributed by atoms with Crippen LogP contribution in [-0.2, 0) is 11.2 Å². The van der Waals surface area contributed by atoms with Crippen molar-refractivity contribution in [3.63, 3.8) is 0 Å². The van der Waals surface area contributed by atoms with Crippen molar-refractivity contribution in [2.75, 3.05) is 39.2 Å². The summed E-state index contributed by atoms with van der Waals surface area (Å²) < 4.78 is 4.99. The molecule has 0 fully saturated rings. The molecule has 0 unspecified atom stereocenters. The SMILES string of the molecule is COCCNc1cncc(C(=O)N(C)CCc2ccncc2)c1. The lowest BCUT2D eigenvalue weighted by atomic mass is 10.2. The highest BCUT2D eigenvalue weighted by Crippen LogP contribution is 2.10. The van der Waals surface area contributed by atoms with E-state index in [4.69, 9.17) is 4.74 Å². The first-order chi connectivity index (χ1) is 11.2. The molecule has 0 aliphatic carbocycles. The zero-order valence-electron chi connectivity index (χ0n) is 13.5. The number of likely N-dealkylation sites (N-methyl/N-ethyl adjacent to an activating group) is 1. The maximum Gasteiger partial charge on any atom is 0.255 e. The van der Waals surface area contributed by atoms with Gasteiger partial charge in [0.1, 0.15) is 0 Å². The predicted molar refractivity (Wildman–Crippen MR) is 89.5 cm³/mol. The largest absolute Gasteiger partial charge is 0.383 e. The summed E-state index contributed by atoms with van der Waals surface area (Å²) in [5.41, 5.74) is 2.55. The van der Waals surface area contributed by atoms with E-state index in [1.165, 1.54) is 0 Å². The van der Waals surface area contributed by atoms with Crippen molar-refractivity contribution in [3.8, 4) is 0 Å². The highest BCUT2D eigenvalue weighted by molar-refractivity contribution is 5.94. The van der Waals surface area contributed by atoms with Crippen molar-refractivity contribution in [1.82, 2.24) is 14.9 Å². The van der Waals surface area contributed by atoms with E-state index in [0.717, 1.165) is 17.7 Å². The van der Waals surface area contributed by atoms with Gasteiger partial charge in [-0.05, 0) is 30.2 Å². The molecule has 0 spiro atoms. The molecule has 2 heterocycles. The van der Waals surface area contributed by atoms with Gasteiger partial charge >= 0.3 is 0 Å². The summed E-state index contributed by atoms with van der Waals surface area (Å²) in [5, 5.41) is 3.17. The first kappa shape index (κ1) is 16.9. The molecule has 23 heavy (non-hydrogen) atoms. The lowest BCUT2D eigenvalue weighted by molar-refractivity contribution is 0.0796. The van der Waals surface area contributed by atoms with E-state index < -0.39 is 0 Å². The number of anilines is 1. The van der Waals surface area contributed by atoms with Crippen LogP contribution in [-0.4, -0.2) is 54.6 Å². The second-order valence-corrected chi connectivity index (χ2v) is 5.21. The quantitative estimate of drug-likeness (QED) is 0.753. The smallest absolute Gasteiger partial charge is 0.255 e. The van der Waals surface area contributed by atoms with Crippen LogP contribution in [0.15, 0.2) is 43.0 Å². The molecule has 2 aromatic rings. The lowest BCUT2D eigenvalue weighted by Crippen LogP contribution is -2.29. The molecule has 0 bridgehead atoms. The van der Waals surface area contributed by atoms with Crippen molar-refractivity contribution in [2.45, 2.75) is 6.42 Å².